The Bertz CT molecular complexity index is 450. The number of hydrogen-bond acceptors (Lipinski definition) is 3. The minimum atomic E-state index is -1.78. The Morgan fingerprint density at radius 1 is 1.22 bits per heavy atom. The Kier molecular flexibility index (Phi) is 5.91. The van der Waals surface area contributed by atoms with E-state index in [1.807, 2.05) is 6.08 Å². The van der Waals surface area contributed by atoms with E-state index in [4.69, 9.17) is 4.43 Å². The summed E-state index contributed by atoms with van der Waals surface area (Å²) in [6.07, 6.45) is 8.26. The second kappa shape index (κ2) is 7.20. The van der Waals surface area contributed by atoms with Crippen LogP contribution in [0.1, 0.15) is 52.9 Å². The Labute approximate surface area is 142 Å². The topological polar surface area (TPSA) is 46.5 Å². The molecular weight excluding hydrogens is 304 g/mol. The van der Waals surface area contributed by atoms with Crippen LogP contribution >= 0.6 is 0 Å². The first-order valence-electron chi connectivity index (χ1n) is 9.16. The van der Waals surface area contributed by atoms with Gasteiger partial charge in [-0.2, -0.15) is 0 Å². The maximum atomic E-state index is 12.5. The highest BCUT2D eigenvalue weighted by molar-refractivity contribution is 6.74. The molecule has 132 valence electrons. The Balaban J connectivity index is 2.12. The molecule has 23 heavy (non-hydrogen) atoms. The number of carbonyl (C=O) groups excluding carboxylic acids is 1. The average Bonchev–Trinajstić information content (AvgIpc) is 2.42. The van der Waals surface area contributed by atoms with Crippen molar-refractivity contribution in [3.8, 4) is 0 Å². The Morgan fingerprint density at radius 3 is 2.57 bits per heavy atom. The number of carbonyl (C=O) groups is 1. The van der Waals surface area contributed by atoms with Crippen molar-refractivity contribution >= 4 is 14.1 Å². The van der Waals surface area contributed by atoms with E-state index in [1.54, 1.807) is 0 Å². The summed E-state index contributed by atoms with van der Waals surface area (Å²) in [6.45, 7) is 12.0. The quantitative estimate of drug-likeness (QED) is 0.616. The van der Waals surface area contributed by atoms with Crippen LogP contribution in [0.15, 0.2) is 12.2 Å². The molecule has 0 saturated heterocycles. The summed E-state index contributed by atoms with van der Waals surface area (Å²) < 4.78 is 6.42. The highest BCUT2D eigenvalue weighted by Crippen LogP contribution is 2.41. The largest absolute Gasteiger partial charge is 0.416 e. The molecule has 0 spiro atoms. The maximum Gasteiger partial charge on any atom is 0.192 e. The van der Waals surface area contributed by atoms with Gasteiger partial charge in [-0.15, -0.1) is 0 Å². The molecule has 0 amide bonds. The normalized spacial score (nSPS) is 33.0. The lowest BCUT2D eigenvalue weighted by Gasteiger charge is -2.41. The molecule has 2 aliphatic carbocycles. The van der Waals surface area contributed by atoms with Crippen LogP contribution < -0.4 is 0 Å². The first-order valence-corrected chi connectivity index (χ1v) is 12.1. The van der Waals surface area contributed by atoms with Crippen LogP contribution in [0.5, 0.6) is 0 Å². The number of ketones is 1. The van der Waals surface area contributed by atoms with Gasteiger partial charge in [0, 0.05) is 18.9 Å². The van der Waals surface area contributed by atoms with E-state index in [0.29, 0.717) is 13.0 Å². The fraction of sp³-hybridized carbons (Fsp3) is 0.842. The lowest BCUT2D eigenvalue weighted by Crippen LogP contribution is -2.45. The van der Waals surface area contributed by atoms with Crippen molar-refractivity contribution in [3.63, 3.8) is 0 Å². The summed E-state index contributed by atoms with van der Waals surface area (Å²) >= 11 is 0. The molecule has 0 aliphatic heterocycles. The van der Waals surface area contributed by atoms with Gasteiger partial charge < -0.3 is 9.53 Å². The van der Waals surface area contributed by atoms with Crippen LogP contribution in [0, 0.1) is 17.8 Å². The van der Waals surface area contributed by atoms with Gasteiger partial charge in [0.1, 0.15) is 5.78 Å². The van der Waals surface area contributed by atoms with Crippen LogP contribution in [0.4, 0.5) is 0 Å². The van der Waals surface area contributed by atoms with Gasteiger partial charge in [0.15, 0.2) is 8.32 Å². The zero-order valence-corrected chi connectivity index (χ0v) is 16.5. The highest BCUT2D eigenvalue weighted by Gasteiger charge is 2.42. The van der Waals surface area contributed by atoms with E-state index in [-0.39, 0.29) is 28.6 Å². The number of Topliss-reactive ketones (excluding diaryl/α,β-unsaturated/α-hetero) is 1. The standard InChI is InChI=1S/C19H34O3Si/c1-19(2,3)23(4,5)22-13-14-11-12-17(21)18-15(14)9-7-6-8-10-16(18)20/h11-12,14-15,17-18,21H,6-10,13H2,1-5H3/t14-,15+,17-,18-/m0/s1. The SMILES string of the molecule is CC(C)(C)[Si](C)(C)OC[C@@H]1C=C[C@H](O)[C@@H]2C(=O)CCCCC[C@@H]21. The van der Waals surface area contributed by atoms with Gasteiger partial charge in [-0.1, -0.05) is 45.8 Å². The smallest absolute Gasteiger partial charge is 0.192 e. The molecule has 2 rings (SSSR count). The number of aliphatic hydroxyl groups is 1. The van der Waals surface area contributed by atoms with Crippen molar-refractivity contribution in [3.05, 3.63) is 12.2 Å². The minimum Gasteiger partial charge on any atom is -0.416 e. The molecule has 0 radical (unpaired) electrons. The summed E-state index contributed by atoms with van der Waals surface area (Å²) in [7, 11) is -1.78. The highest BCUT2D eigenvalue weighted by atomic mass is 28.4. The first kappa shape index (κ1) is 18.9. The zero-order valence-electron chi connectivity index (χ0n) is 15.5. The zero-order chi connectivity index (χ0) is 17.3. The van der Waals surface area contributed by atoms with Gasteiger partial charge in [0.25, 0.3) is 0 Å². The van der Waals surface area contributed by atoms with Crippen molar-refractivity contribution in [2.24, 2.45) is 17.8 Å². The Morgan fingerprint density at radius 2 is 1.91 bits per heavy atom. The molecule has 1 N–H and O–H groups in total. The predicted molar refractivity (Wildman–Crippen MR) is 96.9 cm³/mol. The molecular formula is C19H34O3Si. The average molecular weight is 339 g/mol. The summed E-state index contributed by atoms with van der Waals surface area (Å²) in [5.41, 5.74) is 0. The van der Waals surface area contributed by atoms with Crippen LogP contribution in [-0.4, -0.2) is 31.9 Å². The molecule has 0 aromatic heterocycles. The molecule has 0 aromatic rings. The number of hydrogen-bond donors (Lipinski definition) is 1. The van der Waals surface area contributed by atoms with Crippen LogP contribution in [-0.2, 0) is 9.22 Å². The van der Waals surface area contributed by atoms with E-state index in [9.17, 15) is 9.90 Å². The van der Waals surface area contributed by atoms with Crippen molar-refractivity contribution in [1.82, 2.24) is 0 Å². The van der Waals surface area contributed by atoms with E-state index in [2.05, 4.69) is 39.9 Å². The van der Waals surface area contributed by atoms with Crippen molar-refractivity contribution in [2.75, 3.05) is 6.61 Å². The maximum absolute atomic E-state index is 12.5. The first-order chi connectivity index (χ1) is 10.6. The van der Waals surface area contributed by atoms with Gasteiger partial charge >= 0.3 is 0 Å². The van der Waals surface area contributed by atoms with Gasteiger partial charge in [-0.3, -0.25) is 4.79 Å². The summed E-state index contributed by atoms with van der Waals surface area (Å²) in [6, 6.07) is 0. The number of fused-ring (bicyclic) bond motifs is 1. The summed E-state index contributed by atoms with van der Waals surface area (Å²) in [5, 5.41) is 10.5. The lowest BCUT2D eigenvalue weighted by atomic mass is 9.68. The van der Waals surface area contributed by atoms with Gasteiger partial charge in [-0.05, 0) is 36.9 Å². The molecule has 0 unspecified atom stereocenters. The lowest BCUT2D eigenvalue weighted by molar-refractivity contribution is -0.130. The van der Waals surface area contributed by atoms with Gasteiger partial charge in [-0.25, -0.2) is 0 Å². The third kappa shape index (κ3) is 4.34. The minimum absolute atomic E-state index is 0.195. The molecule has 0 bridgehead atoms. The van der Waals surface area contributed by atoms with E-state index >= 15 is 0 Å². The van der Waals surface area contributed by atoms with Crippen LogP contribution in [0.3, 0.4) is 0 Å². The second-order valence-electron chi connectivity index (χ2n) is 8.87. The summed E-state index contributed by atoms with van der Waals surface area (Å²) in [5.74, 6) is 0.546. The molecule has 3 nitrogen and oxygen atoms in total. The molecule has 4 heteroatoms. The third-order valence-electron chi connectivity index (χ3n) is 6.21. The second-order valence-corrected chi connectivity index (χ2v) is 13.7. The molecule has 0 aromatic carbocycles. The number of rotatable bonds is 3. The van der Waals surface area contributed by atoms with E-state index < -0.39 is 14.4 Å². The fourth-order valence-electron chi connectivity index (χ4n) is 3.58. The molecule has 2 aliphatic rings. The fourth-order valence-corrected chi connectivity index (χ4v) is 4.63. The van der Waals surface area contributed by atoms with Crippen LogP contribution in [0.25, 0.3) is 0 Å². The van der Waals surface area contributed by atoms with E-state index in [1.165, 1.54) is 0 Å². The molecule has 4 atom stereocenters. The predicted octanol–water partition coefficient (Wildman–Crippen LogP) is 4.32. The van der Waals surface area contributed by atoms with E-state index in [0.717, 1.165) is 25.7 Å². The molecule has 1 fully saturated rings. The van der Waals surface area contributed by atoms with Gasteiger partial charge in [0.2, 0.25) is 0 Å². The molecule has 1 saturated carbocycles. The summed E-state index contributed by atoms with van der Waals surface area (Å²) in [4.78, 5) is 12.5. The van der Waals surface area contributed by atoms with Crippen molar-refractivity contribution in [2.45, 2.75) is 77.1 Å². The third-order valence-corrected chi connectivity index (χ3v) is 10.7. The molecule has 0 heterocycles. The van der Waals surface area contributed by atoms with Crippen molar-refractivity contribution < 1.29 is 14.3 Å². The monoisotopic (exact) mass is 338 g/mol. The Hall–Kier alpha value is -0.453. The van der Waals surface area contributed by atoms with Crippen molar-refractivity contribution in [1.29, 1.82) is 0 Å². The number of aliphatic hydroxyl groups excluding tert-OH is 1. The van der Waals surface area contributed by atoms with Gasteiger partial charge in [0.05, 0.1) is 12.0 Å². The van der Waals surface area contributed by atoms with Crippen LogP contribution in [0.2, 0.25) is 18.1 Å².